The summed E-state index contributed by atoms with van der Waals surface area (Å²) in [6.07, 6.45) is 3.38. The first-order valence-corrected chi connectivity index (χ1v) is 8.62. The Balaban J connectivity index is 2.03. The lowest BCUT2D eigenvalue weighted by Gasteiger charge is -2.31. The predicted molar refractivity (Wildman–Crippen MR) is 92.7 cm³/mol. The topological polar surface area (TPSA) is 55.3 Å². The van der Waals surface area contributed by atoms with E-state index in [2.05, 4.69) is 9.97 Å². The maximum atomic E-state index is 12.9. The number of aryl methyl sites for hydroxylation is 1. The molecule has 1 aliphatic heterocycles. The number of rotatable bonds is 2. The highest BCUT2D eigenvalue weighted by molar-refractivity contribution is 7.85. The highest BCUT2D eigenvalue weighted by Gasteiger charge is 2.32. The molecule has 3 heterocycles. The fraction of sp³-hybridized carbons (Fsp3) is 0.111. The van der Waals surface area contributed by atoms with Gasteiger partial charge in [0, 0.05) is 12.4 Å². The summed E-state index contributed by atoms with van der Waals surface area (Å²) in [7, 11) is 0.333. The molecule has 5 nitrogen and oxygen atoms in total. The van der Waals surface area contributed by atoms with E-state index in [-0.39, 0.29) is 0 Å². The van der Waals surface area contributed by atoms with Crippen molar-refractivity contribution < 1.29 is 8.95 Å². The SMILES string of the molecule is COc1cc(C)ccc1N1c2ncccc2S(=O)c2cccnc21. The van der Waals surface area contributed by atoms with E-state index < -0.39 is 10.8 Å². The van der Waals surface area contributed by atoms with Crippen LogP contribution in [0.4, 0.5) is 17.3 Å². The first-order chi connectivity index (χ1) is 11.7. The summed E-state index contributed by atoms with van der Waals surface area (Å²) in [5.41, 5.74) is 1.92. The monoisotopic (exact) mass is 337 g/mol. The molecule has 0 N–H and O–H groups in total. The predicted octanol–water partition coefficient (Wildman–Crippen LogP) is 3.74. The molecule has 0 saturated carbocycles. The second kappa shape index (κ2) is 5.72. The average molecular weight is 337 g/mol. The molecule has 0 radical (unpaired) electrons. The van der Waals surface area contributed by atoms with Crippen molar-refractivity contribution >= 4 is 28.1 Å². The van der Waals surface area contributed by atoms with Gasteiger partial charge < -0.3 is 4.74 Å². The highest BCUT2D eigenvalue weighted by atomic mass is 32.2. The Morgan fingerprint density at radius 2 is 1.62 bits per heavy atom. The Kier molecular flexibility index (Phi) is 3.54. The molecule has 3 aromatic rings. The quantitative estimate of drug-likeness (QED) is 0.558. The molecule has 24 heavy (non-hydrogen) atoms. The van der Waals surface area contributed by atoms with Crippen molar-refractivity contribution in [3.05, 3.63) is 60.4 Å². The summed E-state index contributed by atoms with van der Waals surface area (Å²) in [5, 5.41) is 0. The van der Waals surface area contributed by atoms with Crippen LogP contribution in [0.1, 0.15) is 5.56 Å². The van der Waals surface area contributed by atoms with Crippen LogP contribution in [0.3, 0.4) is 0 Å². The minimum Gasteiger partial charge on any atom is -0.495 e. The summed E-state index contributed by atoms with van der Waals surface area (Å²) in [5.74, 6) is 1.95. The van der Waals surface area contributed by atoms with Gasteiger partial charge in [0.25, 0.3) is 0 Å². The molecule has 120 valence electrons. The highest BCUT2D eigenvalue weighted by Crippen LogP contribution is 2.46. The molecule has 0 amide bonds. The van der Waals surface area contributed by atoms with Crippen molar-refractivity contribution in [3.8, 4) is 5.75 Å². The third-order valence-electron chi connectivity index (χ3n) is 3.90. The molecule has 0 aliphatic carbocycles. The van der Waals surface area contributed by atoms with Crippen LogP contribution < -0.4 is 9.64 Å². The summed E-state index contributed by atoms with van der Waals surface area (Å²) >= 11 is 0. The zero-order valence-electron chi connectivity index (χ0n) is 13.3. The zero-order chi connectivity index (χ0) is 16.7. The van der Waals surface area contributed by atoms with Crippen LogP contribution in [-0.4, -0.2) is 21.3 Å². The molecule has 0 atom stereocenters. The van der Waals surface area contributed by atoms with E-state index in [0.717, 1.165) is 17.0 Å². The van der Waals surface area contributed by atoms with E-state index in [9.17, 15) is 4.21 Å². The van der Waals surface area contributed by atoms with Gasteiger partial charge in [-0.2, -0.15) is 0 Å². The normalized spacial score (nSPS) is 13.3. The summed E-state index contributed by atoms with van der Waals surface area (Å²) < 4.78 is 18.4. The molecule has 0 spiro atoms. The van der Waals surface area contributed by atoms with Crippen LogP contribution in [0.25, 0.3) is 0 Å². The van der Waals surface area contributed by atoms with E-state index in [4.69, 9.17) is 4.74 Å². The molecule has 0 unspecified atom stereocenters. The number of hydrogen-bond acceptors (Lipinski definition) is 5. The van der Waals surface area contributed by atoms with Gasteiger partial charge in [0.1, 0.15) is 5.75 Å². The number of benzene rings is 1. The number of ether oxygens (including phenoxy) is 1. The molecule has 0 fully saturated rings. The van der Waals surface area contributed by atoms with Gasteiger partial charge in [0.05, 0.1) is 33.4 Å². The van der Waals surface area contributed by atoms with E-state index in [0.29, 0.717) is 21.4 Å². The third kappa shape index (κ3) is 2.18. The average Bonchev–Trinajstić information content (AvgIpc) is 2.63. The van der Waals surface area contributed by atoms with E-state index in [1.54, 1.807) is 31.6 Å². The fourth-order valence-corrected chi connectivity index (χ4v) is 4.07. The van der Waals surface area contributed by atoms with Gasteiger partial charge in [-0.1, -0.05) is 6.07 Å². The fourth-order valence-electron chi connectivity index (χ4n) is 2.81. The molecule has 4 rings (SSSR count). The van der Waals surface area contributed by atoms with Crippen LogP contribution in [0.2, 0.25) is 0 Å². The summed E-state index contributed by atoms with van der Waals surface area (Å²) in [4.78, 5) is 12.2. The lowest BCUT2D eigenvalue weighted by molar-refractivity contribution is 0.415. The Hall–Kier alpha value is -2.73. The van der Waals surface area contributed by atoms with Gasteiger partial charge in [-0.15, -0.1) is 0 Å². The Morgan fingerprint density at radius 3 is 2.21 bits per heavy atom. The summed E-state index contributed by atoms with van der Waals surface area (Å²) in [6, 6.07) is 13.2. The zero-order valence-corrected chi connectivity index (χ0v) is 14.1. The lowest BCUT2D eigenvalue weighted by atomic mass is 10.2. The lowest BCUT2D eigenvalue weighted by Crippen LogP contribution is -2.22. The first kappa shape index (κ1) is 14.8. The van der Waals surface area contributed by atoms with E-state index in [1.165, 1.54) is 0 Å². The van der Waals surface area contributed by atoms with Gasteiger partial charge in [-0.3, -0.25) is 4.90 Å². The van der Waals surface area contributed by atoms with Crippen molar-refractivity contribution in [1.29, 1.82) is 0 Å². The van der Waals surface area contributed by atoms with Crippen LogP contribution >= 0.6 is 0 Å². The van der Waals surface area contributed by atoms with Crippen molar-refractivity contribution in [3.63, 3.8) is 0 Å². The van der Waals surface area contributed by atoms with Gasteiger partial charge in [-0.05, 0) is 48.9 Å². The Labute approximate surface area is 142 Å². The van der Waals surface area contributed by atoms with Crippen LogP contribution in [0, 0.1) is 6.92 Å². The number of methoxy groups -OCH3 is 1. The van der Waals surface area contributed by atoms with Crippen LogP contribution in [0.5, 0.6) is 5.75 Å². The Morgan fingerprint density at radius 1 is 1.00 bits per heavy atom. The largest absolute Gasteiger partial charge is 0.495 e. The smallest absolute Gasteiger partial charge is 0.155 e. The van der Waals surface area contributed by atoms with Crippen LogP contribution in [0.15, 0.2) is 64.6 Å². The van der Waals surface area contributed by atoms with Gasteiger partial charge in [0.15, 0.2) is 11.6 Å². The number of anilines is 3. The van der Waals surface area contributed by atoms with Crippen molar-refractivity contribution in [1.82, 2.24) is 9.97 Å². The number of hydrogen-bond donors (Lipinski definition) is 0. The molecule has 1 aliphatic rings. The minimum absolute atomic E-state index is 0.615. The molecule has 1 aromatic carbocycles. The first-order valence-electron chi connectivity index (χ1n) is 7.47. The van der Waals surface area contributed by atoms with Gasteiger partial charge >= 0.3 is 0 Å². The minimum atomic E-state index is -1.30. The molecular weight excluding hydrogens is 322 g/mol. The molecular formula is C18H15N3O2S. The third-order valence-corrected chi connectivity index (χ3v) is 5.34. The van der Waals surface area contributed by atoms with Gasteiger partial charge in [-0.25, -0.2) is 14.2 Å². The number of fused-ring (bicyclic) bond motifs is 2. The van der Waals surface area contributed by atoms with Crippen molar-refractivity contribution in [2.24, 2.45) is 0 Å². The second-order valence-corrected chi connectivity index (χ2v) is 6.85. The maximum absolute atomic E-state index is 12.9. The van der Waals surface area contributed by atoms with Crippen LogP contribution in [-0.2, 0) is 10.8 Å². The van der Waals surface area contributed by atoms with E-state index in [1.807, 2.05) is 42.2 Å². The number of pyridine rings is 2. The second-order valence-electron chi connectivity index (χ2n) is 5.43. The molecule has 2 aromatic heterocycles. The molecule has 6 heteroatoms. The standard InChI is InChI=1S/C18H15N3O2S/c1-12-7-8-13(14(11-12)23-2)21-17-15(5-3-9-19-17)24(22)16-6-4-10-20-18(16)21/h3-11H,1-2H3. The number of aromatic nitrogens is 2. The molecule has 0 bridgehead atoms. The van der Waals surface area contributed by atoms with E-state index >= 15 is 0 Å². The van der Waals surface area contributed by atoms with Crippen molar-refractivity contribution in [2.75, 3.05) is 12.0 Å². The maximum Gasteiger partial charge on any atom is 0.155 e. The Bertz CT molecular complexity index is 909. The molecule has 0 saturated heterocycles. The number of nitrogens with zero attached hydrogens (tertiary/aromatic N) is 3. The van der Waals surface area contributed by atoms with Gasteiger partial charge in [0.2, 0.25) is 0 Å². The van der Waals surface area contributed by atoms with Crippen molar-refractivity contribution in [2.45, 2.75) is 16.7 Å². The summed E-state index contributed by atoms with van der Waals surface area (Å²) in [6.45, 7) is 2.01.